The molecule has 0 atom stereocenters. The molecule has 0 radical (unpaired) electrons. The smallest absolute Gasteiger partial charge is 0.221 e. The molecule has 0 aliphatic carbocycles. The first-order valence-corrected chi connectivity index (χ1v) is 5.51. The van der Waals surface area contributed by atoms with E-state index >= 15 is 0 Å². The molecule has 5 nitrogen and oxygen atoms in total. The van der Waals surface area contributed by atoms with Gasteiger partial charge in [-0.1, -0.05) is 0 Å². The van der Waals surface area contributed by atoms with E-state index in [1.54, 1.807) is 19.2 Å². The molecule has 0 spiro atoms. The van der Waals surface area contributed by atoms with Crippen LogP contribution in [0.1, 0.15) is 12.3 Å². The molecule has 0 saturated carbocycles. The third kappa shape index (κ3) is 3.18. The molecule has 0 aliphatic heterocycles. The molecule has 0 bridgehead atoms. The van der Waals surface area contributed by atoms with Crippen LogP contribution in [0.2, 0.25) is 0 Å². The van der Waals surface area contributed by atoms with Crippen LogP contribution >= 0.6 is 0 Å². The number of aromatic nitrogens is 1. The molecule has 5 heteroatoms. The van der Waals surface area contributed by atoms with E-state index in [1.165, 1.54) is 0 Å². The molecule has 1 aromatic heterocycles. The van der Waals surface area contributed by atoms with E-state index < -0.39 is 0 Å². The first-order chi connectivity index (χ1) is 8.29. The average Bonchev–Trinajstić information content (AvgIpc) is 2.70. The second-order valence-electron chi connectivity index (χ2n) is 3.73. The average molecular weight is 236 g/mol. The maximum absolute atomic E-state index is 5.66. The fourth-order valence-electron chi connectivity index (χ4n) is 1.52. The van der Waals surface area contributed by atoms with Crippen molar-refractivity contribution in [1.29, 1.82) is 0 Å². The molecule has 0 amide bonds. The fraction of sp³-hybridized carbons (Fsp3) is 0.417. The SMILES string of the molecule is COCCCOCc1nc2cc(N)ccc2o1. The molecule has 2 N–H and O–H groups in total. The molecule has 0 unspecified atom stereocenters. The molecular formula is C12H16N2O3. The number of fused-ring (bicyclic) bond motifs is 1. The number of nitrogen functional groups attached to an aromatic ring is 1. The highest BCUT2D eigenvalue weighted by Gasteiger charge is 2.05. The lowest BCUT2D eigenvalue weighted by atomic mass is 10.3. The summed E-state index contributed by atoms with van der Waals surface area (Å²) in [5, 5.41) is 0. The quantitative estimate of drug-likeness (QED) is 0.613. The second kappa shape index (κ2) is 5.65. The Morgan fingerprint density at radius 1 is 1.35 bits per heavy atom. The van der Waals surface area contributed by atoms with Crippen LogP contribution in [0.4, 0.5) is 5.69 Å². The standard InChI is InChI=1S/C12H16N2O3/c1-15-5-2-6-16-8-12-14-10-7-9(13)3-4-11(10)17-12/h3-4,7H,2,5-6,8,13H2,1H3. The number of hydrogen-bond acceptors (Lipinski definition) is 5. The molecule has 2 aromatic rings. The molecule has 17 heavy (non-hydrogen) atoms. The van der Waals surface area contributed by atoms with Crippen molar-refractivity contribution in [2.75, 3.05) is 26.1 Å². The van der Waals surface area contributed by atoms with Gasteiger partial charge in [-0.3, -0.25) is 0 Å². The number of nitrogens with zero attached hydrogens (tertiary/aromatic N) is 1. The van der Waals surface area contributed by atoms with Gasteiger partial charge in [0.25, 0.3) is 0 Å². The lowest BCUT2D eigenvalue weighted by Crippen LogP contribution is -1.99. The number of oxazole rings is 1. The van der Waals surface area contributed by atoms with Crippen LogP contribution in [0.15, 0.2) is 22.6 Å². The van der Waals surface area contributed by atoms with Gasteiger partial charge in [0.2, 0.25) is 5.89 Å². The highest BCUT2D eigenvalue weighted by Crippen LogP contribution is 2.18. The second-order valence-corrected chi connectivity index (χ2v) is 3.73. The Hall–Kier alpha value is -1.59. The normalized spacial score (nSPS) is 11.1. The Bertz CT molecular complexity index is 482. The van der Waals surface area contributed by atoms with Crippen LogP contribution in [0.5, 0.6) is 0 Å². The summed E-state index contributed by atoms with van der Waals surface area (Å²) in [4.78, 5) is 4.29. The van der Waals surface area contributed by atoms with Crippen molar-refractivity contribution in [3.05, 3.63) is 24.1 Å². The highest BCUT2D eigenvalue weighted by atomic mass is 16.5. The summed E-state index contributed by atoms with van der Waals surface area (Å²) in [6, 6.07) is 5.39. The zero-order valence-corrected chi connectivity index (χ0v) is 9.81. The minimum absolute atomic E-state index is 0.373. The maximum atomic E-state index is 5.66. The van der Waals surface area contributed by atoms with Gasteiger partial charge in [0.15, 0.2) is 5.58 Å². The van der Waals surface area contributed by atoms with Gasteiger partial charge in [-0.2, -0.15) is 0 Å². The molecule has 0 fully saturated rings. The topological polar surface area (TPSA) is 70.5 Å². The van der Waals surface area contributed by atoms with E-state index in [-0.39, 0.29) is 0 Å². The number of rotatable bonds is 6. The van der Waals surface area contributed by atoms with E-state index in [0.717, 1.165) is 17.5 Å². The summed E-state index contributed by atoms with van der Waals surface area (Å²) < 4.78 is 15.8. The summed E-state index contributed by atoms with van der Waals surface area (Å²) in [5.41, 5.74) is 7.84. The Morgan fingerprint density at radius 2 is 2.24 bits per heavy atom. The van der Waals surface area contributed by atoms with Gasteiger partial charge in [-0.25, -0.2) is 4.98 Å². The van der Waals surface area contributed by atoms with Crippen molar-refractivity contribution >= 4 is 16.8 Å². The first-order valence-electron chi connectivity index (χ1n) is 5.51. The lowest BCUT2D eigenvalue weighted by molar-refractivity contribution is 0.0810. The minimum atomic E-state index is 0.373. The van der Waals surface area contributed by atoms with Crippen molar-refractivity contribution in [2.45, 2.75) is 13.0 Å². The molecule has 0 saturated heterocycles. The predicted molar refractivity (Wildman–Crippen MR) is 64.6 cm³/mol. The molecule has 1 aromatic carbocycles. The number of nitrogens with two attached hydrogens (primary N) is 1. The van der Waals surface area contributed by atoms with Gasteiger partial charge in [0.1, 0.15) is 12.1 Å². The van der Waals surface area contributed by atoms with Crippen LogP contribution in [0, 0.1) is 0 Å². The number of ether oxygens (including phenoxy) is 2. The van der Waals surface area contributed by atoms with Crippen molar-refractivity contribution in [2.24, 2.45) is 0 Å². The first kappa shape index (κ1) is 11.9. The molecule has 0 aliphatic rings. The van der Waals surface area contributed by atoms with Crippen molar-refractivity contribution in [3.63, 3.8) is 0 Å². The molecule has 1 heterocycles. The molecule has 2 rings (SSSR count). The van der Waals surface area contributed by atoms with Gasteiger partial charge >= 0.3 is 0 Å². The monoisotopic (exact) mass is 236 g/mol. The summed E-state index contributed by atoms with van der Waals surface area (Å²) in [5.74, 6) is 0.572. The zero-order valence-electron chi connectivity index (χ0n) is 9.81. The zero-order chi connectivity index (χ0) is 12.1. The van der Waals surface area contributed by atoms with Gasteiger partial charge in [-0.15, -0.1) is 0 Å². The summed E-state index contributed by atoms with van der Waals surface area (Å²) in [6.45, 7) is 1.71. The van der Waals surface area contributed by atoms with Crippen molar-refractivity contribution in [3.8, 4) is 0 Å². The van der Waals surface area contributed by atoms with E-state index in [2.05, 4.69) is 4.98 Å². The summed E-state index contributed by atoms with van der Waals surface area (Å²) >= 11 is 0. The fourth-order valence-corrected chi connectivity index (χ4v) is 1.52. The Morgan fingerprint density at radius 3 is 3.06 bits per heavy atom. The Labute approximate surface area is 99.5 Å². The lowest BCUT2D eigenvalue weighted by Gasteiger charge is -1.99. The Kier molecular flexibility index (Phi) is 3.95. The number of benzene rings is 1. The van der Waals surface area contributed by atoms with Crippen molar-refractivity contribution in [1.82, 2.24) is 4.98 Å². The van der Waals surface area contributed by atoms with E-state index in [4.69, 9.17) is 19.6 Å². The van der Waals surface area contributed by atoms with E-state index in [0.29, 0.717) is 31.4 Å². The predicted octanol–water partition coefficient (Wildman–Crippen LogP) is 1.96. The minimum Gasteiger partial charge on any atom is -0.438 e. The van der Waals surface area contributed by atoms with Crippen LogP contribution in [0.3, 0.4) is 0 Å². The van der Waals surface area contributed by atoms with Crippen LogP contribution < -0.4 is 5.73 Å². The van der Waals surface area contributed by atoms with Gasteiger partial charge in [0, 0.05) is 26.0 Å². The third-order valence-corrected chi connectivity index (χ3v) is 2.32. The summed E-state index contributed by atoms with van der Waals surface area (Å²) in [6.07, 6.45) is 0.865. The highest BCUT2D eigenvalue weighted by molar-refractivity contribution is 5.76. The maximum Gasteiger partial charge on any atom is 0.221 e. The van der Waals surface area contributed by atoms with E-state index in [9.17, 15) is 0 Å². The van der Waals surface area contributed by atoms with Gasteiger partial charge in [-0.05, 0) is 24.6 Å². The van der Waals surface area contributed by atoms with Crippen LogP contribution in [-0.4, -0.2) is 25.3 Å². The number of methoxy groups -OCH3 is 1. The van der Waals surface area contributed by atoms with Crippen LogP contribution in [-0.2, 0) is 16.1 Å². The largest absolute Gasteiger partial charge is 0.438 e. The molecular weight excluding hydrogens is 220 g/mol. The van der Waals surface area contributed by atoms with Gasteiger partial charge < -0.3 is 19.6 Å². The third-order valence-electron chi connectivity index (χ3n) is 2.32. The Balaban J connectivity index is 1.91. The number of hydrogen-bond donors (Lipinski definition) is 1. The number of anilines is 1. The van der Waals surface area contributed by atoms with Gasteiger partial charge in [0.05, 0.1) is 0 Å². The summed E-state index contributed by atoms with van der Waals surface area (Å²) in [7, 11) is 1.67. The van der Waals surface area contributed by atoms with E-state index in [1.807, 2.05) is 6.07 Å². The molecule has 92 valence electrons. The van der Waals surface area contributed by atoms with Crippen LogP contribution in [0.25, 0.3) is 11.1 Å². The van der Waals surface area contributed by atoms with Crippen molar-refractivity contribution < 1.29 is 13.9 Å².